The predicted octanol–water partition coefficient (Wildman–Crippen LogP) is 4.96. The minimum Gasteiger partial charge on any atom is -0.195 e. The van der Waals surface area contributed by atoms with Gasteiger partial charge < -0.3 is 0 Å². The molecule has 0 heterocycles. The number of isothiocyanates is 1. The zero-order valence-electron chi connectivity index (χ0n) is 9.98. The second-order valence-electron chi connectivity index (χ2n) is 5.27. The third kappa shape index (κ3) is 2.08. The van der Waals surface area contributed by atoms with Crippen LogP contribution in [-0.2, 0) is 0 Å². The fourth-order valence-corrected chi connectivity index (χ4v) is 2.95. The minimum absolute atomic E-state index is 0.783. The topological polar surface area (TPSA) is 12.4 Å². The maximum atomic E-state index is 4.69. The molecule has 2 fully saturated rings. The Morgan fingerprint density at radius 3 is 2.18 bits per heavy atom. The van der Waals surface area contributed by atoms with Gasteiger partial charge in [-0.1, -0.05) is 18.9 Å². The van der Waals surface area contributed by atoms with Crippen LogP contribution in [0.15, 0.2) is 23.2 Å². The molecule has 0 aliphatic heterocycles. The molecule has 0 saturated heterocycles. The van der Waals surface area contributed by atoms with E-state index in [2.05, 4.69) is 40.6 Å². The van der Waals surface area contributed by atoms with Gasteiger partial charge in [-0.25, -0.2) is 0 Å². The summed E-state index contributed by atoms with van der Waals surface area (Å²) in [6, 6.07) is 6.62. The van der Waals surface area contributed by atoms with Gasteiger partial charge in [-0.2, -0.15) is 4.99 Å². The first-order chi connectivity index (χ1) is 8.38. The summed E-state index contributed by atoms with van der Waals surface area (Å²) >= 11 is 4.69. The molecule has 1 aromatic rings. The van der Waals surface area contributed by atoms with E-state index in [-0.39, 0.29) is 0 Å². The molecule has 0 bridgehead atoms. The van der Waals surface area contributed by atoms with Crippen LogP contribution in [0.3, 0.4) is 0 Å². The summed E-state index contributed by atoms with van der Waals surface area (Å²) in [6.45, 7) is 0. The van der Waals surface area contributed by atoms with Crippen LogP contribution in [-0.4, -0.2) is 5.16 Å². The van der Waals surface area contributed by atoms with Gasteiger partial charge in [0.1, 0.15) is 0 Å². The lowest BCUT2D eigenvalue weighted by molar-refractivity contribution is 0.388. The summed E-state index contributed by atoms with van der Waals surface area (Å²) < 4.78 is 0. The molecule has 0 spiro atoms. The van der Waals surface area contributed by atoms with Crippen LogP contribution in [0.2, 0.25) is 0 Å². The summed E-state index contributed by atoms with van der Waals surface area (Å²) in [5.74, 6) is 1.60. The van der Waals surface area contributed by atoms with Crippen molar-refractivity contribution in [2.75, 3.05) is 0 Å². The molecule has 2 aliphatic rings. The van der Waals surface area contributed by atoms with Crippen LogP contribution in [0.4, 0.5) is 5.69 Å². The fourth-order valence-electron chi connectivity index (χ4n) is 2.85. The first-order valence-corrected chi connectivity index (χ1v) is 7.01. The molecule has 0 N–H and O–H groups in total. The van der Waals surface area contributed by atoms with Gasteiger partial charge in [0.15, 0.2) is 0 Å². The van der Waals surface area contributed by atoms with E-state index in [1.807, 2.05) is 0 Å². The standard InChI is InChI=1S/C15H17NS/c17-10-16-13-7-8-14(11-3-1-4-11)15(9-13)12-5-2-6-12/h7-9,11-12H,1-6H2. The van der Waals surface area contributed by atoms with Crippen molar-refractivity contribution in [1.82, 2.24) is 0 Å². The number of nitrogens with zero attached hydrogens (tertiary/aromatic N) is 1. The van der Waals surface area contributed by atoms with Crippen LogP contribution in [0.1, 0.15) is 61.5 Å². The van der Waals surface area contributed by atoms with Crippen molar-refractivity contribution >= 4 is 23.1 Å². The maximum absolute atomic E-state index is 4.69. The normalized spacial score (nSPS) is 20.2. The highest BCUT2D eigenvalue weighted by molar-refractivity contribution is 7.78. The van der Waals surface area contributed by atoms with Crippen molar-refractivity contribution in [3.05, 3.63) is 29.3 Å². The van der Waals surface area contributed by atoms with Gasteiger partial charge in [-0.3, -0.25) is 0 Å². The average Bonchev–Trinajstić information content (AvgIpc) is 2.17. The van der Waals surface area contributed by atoms with Gasteiger partial charge in [0.05, 0.1) is 10.8 Å². The molecule has 17 heavy (non-hydrogen) atoms. The number of hydrogen-bond acceptors (Lipinski definition) is 2. The molecule has 88 valence electrons. The molecule has 3 rings (SSSR count). The van der Waals surface area contributed by atoms with E-state index in [0.717, 1.165) is 17.5 Å². The van der Waals surface area contributed by atoms with E-state index < -0.39 is 0 Å². The Kier molecular flexibility index (Phi) is 3.09. The Morgan fingerprint density at radius 2 is 1.65 bits per heavy atom. The van der Waals surface area contributed by atoms with Crippen molar-refractivity contribution in [2.24, 2.45) is 4.99 Å². The lowest BCUT2D eigenvalue weighted by Crippen LogP contribution is -2.16. The Balaban J connectivity index is 1.97. The van der Waals surface area contributed by atoms with Crippen molar-refractivity contribution in [1.29, 1.82) is 0 Å². The first-order valence-electron chi connectivity index (χ1n) is 6.60. The zero-order chi connectivity index (χ0) is 11.7. The number of thiocarbonyl (C=S) groups is 1. The van der Waals surface area contributed by atoms with Crippen LogP contribution < -0.4 is 0 Å². The Labute approximate surface area is 108 Å². The molecule has 0 radical (unpaired) electrons. The predicted molar refractivity (Wildman–Crippen MR) is 74.3 cm³/mol. The van der Waals surface area contributed by atoms with Crippen molar-refractivity contribution in [3.8, 4) is 0 Å². The highest BCUT2D eigenvalue weighted by Crippen LogP contribution is 2.45. The highest BCUT2D eigenvalue weighted by atomic mass is 32.1. The second-order valence-corrected chi connectivity index (χ2v) is 5.45. The number of rotatable bonds is 3. The second kappa shape index (κ2) is 4.72. The van der Waals surface area contributed by atoms with E-state index in [1.54, 1.807) is 11.1 Å². The Bertz CT molecular complexity index is 466. The summed E-state index contributed by atoms with van der Waals surface area (Å²) in [5, 5.41) is 2.47. The molecular weight excluding hydrogens is 226 g/mol. The van der Waals surface area contributed by atoms with Gasteiger partial charge in [0.2, 0.25) is 0 Å². The third-order valence-electron chi connectivity index (χ3n) is 4.34. The molecule has 0 aromatic heterocycles. The monoisotopic (exact) mass is 243 g/mol. The number of aliphatic imine (C=N–C) groups is 1. The van der Waals surface area contributed by atoms with Crippen molar-refractivity contribution < 1.29 is 0 Å². The van der Waals surface area contributed by atoms with Crippen LogP contribution in [0, 0.1) is 0 Å². The lowest BCUT2D eigenvalue weighted by atomic mass is 9.71. The van der Waals surface area contributed by atoms with E-state index >= 15 is 0 Å². The molecule has 2 saturated carbocycles. The average molecular weight is 243 g/mol. The largest absolute Gasteiger partial charge is 0.195 e. The molecule has 2 aliphatic carbocycles. The summed E-state index contributed by atoms with van der Waals surface area (Å²) in [5.41, 5.74) is 4.11. The summed E-state index contributed by atoms with van der Waals surface area (Å²) in [7, 11) is 0. The van der Waals surface area contributed by atoms with Crippen LogP contribution >= 0.6 is 12.2 Å². The molecule has 1 nitrogen and oxygen atoms in total. The molecule has 2 heteroatoms. The quantitative estimate of drug-likeness (QED) is 0.540. The first kappa shape index (κ1) is 11.1. The smallest absolute Gasteiger partial charge is 0.0742 e. The fraction of sp³-hybridized carbons (Fsp3) is 0.533. The molecule has 0 atom stereocenters. The van der Waals surface area contributed by atoms with E-state index in [1.165, 1.54) is 38.5 Å². The van der Waals surface area contributed by atoms with Gasteiger partial charge in [0.25, 0.3) is 0 Å². The van der Waals surface area contributed by atoms with Gasteiger partial charge in [-0.05, 0) is 73.0 Å². The third-order valence-corrected chi connectivity index (χ3v) is 4.43. The zero-order valence-corrected chi connectivity index (χ0v) is 10.8. The van der Waals surface area contributed by atoms with E-state index in [9.17, 15) is 0 Å². The summed E-state index contributed by atoms with van der Waals surface area (Å²) in [4.78, 5) is 4.12. The van der Waals surface area contributed by atoms with E-state index in [4.69, 9.17) is 0 Å². The Hall–Kier alpha value is -0.980. The Morgan fingerprint density at radius 1 is 1.00 bits per heavy atom. The highest BCUT2D eigenvalue weighted by Gasteiger charge is 2.28. The van der Waals surface area contributed by atoms with E-state index in [0.29, 0.717) is 0 Å². The van der Waals surface area contributed by atoms with Gasteiger partial charge >= 0.3 is 0 Å². The van der Waals surface area contributed by atoms with Crippen LogP contribution in [0.25, 0.3) is 0 Å². The minimum atomic E-state index is 0.783. The van der Waals surface area contributed by atoms with Gasteiger partial charge in [0, 0.05) is 0 Å². The van der Waals surface area contributed by atoms with Crippen molar-refractivity contribution in [3.63, 3.8) is 0 Å². The SMILES string of the molecule is S=C=Nc1ccc(C2CCC2)c(C2CCC2)c1. The van der Waals surface area contributed by atoms with Crippen LogP contribution in [0.5, 0.6) is 0 Å². The molecule has 0 amide bonds. The number of hydrogen-bond donors (Lipinski definition) is 0. The number of benzene rings is 1. The molecule has 1 aromatic carbocycles. The maximum Gasteiger partial charge on any atom is 0.0742 e. The van der Waals surface area contributed by atoms with Crippen molar-refractivity contribution in [2.45, 2.75) is 50.4 Å². The molecule has 0 unspecified atom stereocenters. The van der Waals surface area contributed by atoms with Gasteiger partial charge in [-0.15, -0.1) is 0 Å². The summed E-state index contributed by atoms with van der Waals surface area (Å²) in [6.07, 6.45) is 8.23. The molecular formula is C15H17NS. The lowest BCUT2D eigenvalue weighted by Gasteiger charge is -2.34.